The van der Waals surface area contributed by atoms with E-state index in [9.17, 15) is 0 Å². The highest BCUT2D eigenvalue weighted by molar-refractivity contribution is 5.61. The van der Waals surface area contributed by atoms with Gasteiger partial charge in [-0.25, -0.2) is 0 Å². The van der Waals surface area contributed by atoms with Crippen molar-refractivity contribution in [3.05, 3.63) is 28.8 Å². The number of hydrogen-bond donors (Lipinski definition) is 0. The molecular weight excluding hydrogens is 194 g/mol. The molecule has 1 heteroatoms. The quantitative estimate of drug-likeness (QED) is 0.735. The van der Waals surface area contributed by atoms with Crippen LogP contribution in [0.25, 0.3) is 0 Å². The van der Waals surface area contributed by atoms with Gasteiger partial charge in [0.15, 0.2) is 0 Å². The van der Waals surface area contributed by atoms with Gasteiger partial charge >= 0.3 is 0 Å². The summed E-state index contributed by atoms with van der Waals surface area (Å²) in [5.41, 5.74) is 5.54. The van der Waals surface area contributed by atoms with Crippen molar-refractivity contribution in [2.75, 3.05) is 4.90 Å². The van der Waals surface area contributed by atoms with Gasteiger partial charge in [0.25, 0.3) is 0 Å². The van der Waals surface area contributed by atoms with E-state index in [2.05, 4.69) is 65.5 Å². The van der Waals surface area contributed by atoms with Gasteiger partial charge in [0.2, 0.25) is 0 Å². The molecule has 0 radical (unpaired) electrons. The van der Waals surface area contributed by atoms with Crippen molar-refractivity contribution >= 4 is 5.69 Å². The normalized spacial score (nSPS) is 11.3. The molecule has 1 aromatic carbocycles. The Labute approximate surface area is 100 Å². The molecule has 0 amide bonds. The van der Waals surface area contributed by atoms with E-state index in [0.717, 1.165) is 0 Å². The molecule has 1 aromatic rings. The first-order chi connectivity index (χ1) is 7.34. The summed E-state index contributed by atoms with van der Waals surface area (Å²) in [4.78, 5) is 2.50. The van der Waals surface area contributed by atoms with E-state index < -0.39 is 0 Å². The molecule has 0 unspecified atom stereocenters. The van der Waals surface area contributed by atoms with Crippen molar-refractivity contribution in [3.8, 4) is 0 Å². The second kappa shape index (κ2) is 4.90. The Morgan fingerprint density at radius 2 is 1.19 bits per heavy atom. The molecule has 90 valence electrons. The Bertz CT molecular complexity index is 333. The van der Waals surface area contributed by atoms with Gasteiger partial charge in [-0.3, -0.25) is 0 Å². The highest BCUT2D eigenvalue weighted by Gasteiger charge is 2.18. The molecule has 0 aromatic heterocycles. The lowest BCUT2D eigenvalue weighted by molar-refractivity contribution is 0.605. The van der Waals surface area contributed by atoms with Gasteiger partial charge in [0.1, 0.15) is 0 Å². The predicted octanol–water partition coefficient (Wildman–Crippen LogP) is 4.24. The van der Waals surface area contributed by atoms with Gasteiger partial charge in [-0.2, -0.15) is 0 Å². The van der Waals surface area contributed by atoms with E-state index in [1.165, 1.54) is 22.4 Å². The summed E-state index contributed by atoms with van der Waals surface area (Å²) >= 11 is 0. The standard InChI is InChI=1S/C15H25N/c1-10(2)16(11(3)4)15-13(6)8-12(5)9-14(15)7/h8-11H,1-7H3. The van der Waals surface area contributed by atoms with E-state index >= 15 is 0 Å². The van der Waals surface area contributed by atoms with E-state index in [1.807, 2.05) is 0 Å². The Hall–Kier alpha value is -0.980. The monoisotopic (exact) mass is 219 g/mol. The summed E-state index contributed by atoms with van der Waals surface area (Å²) in [6.45, 7) is 15.6. The zero-order valence-corrected chi connectivity index (χ0v) is 11.8. The van der Waals surface area contributed by atoms with E-state index in [4.69, 9.17) is 0 Å². The maximum Gasteiger partial charge on any atom is 0.0430 e. The molecule has 0 atom stereocenters. The third-order valence-electron chi connectivity index (χ3n) is 3.01. The van der Waals surface area contributed by atoms with Crippen LogP contribution in [-0.2, 0) is 0 Å². The van der Waals surface area contributed by atoms with Gasteiger partial charge in [0, 0.05) is 17.8 Å². The fourth-order valence-electron chi connectivity index (χ4n) is 2.69. The number of anilines is 1. The lowest BCUT2D eigenvalue weighted by Crippen LogP contribution is -2.38. The van der Waals surface area contributed by atoms with Crippen molar-refractivity contribution in [1.82, 2.24) is 0 Å². The Balaban J connectivity index is 3.29. The van der Waals surface area contributed by atoms with Crippen LogP contribution in [0.15, 0.2) is 12.1 Å². The van der Waals surface area contributed by atoms with Gasteiger partial charge in [-0.15, -0.1) is 0 Å². The third kappa shape index (κ3) is 2.58. The van der Waals surface area contributed by atoms with Crippen molar-refractivity contribution in [2.45, 2.75) is 60.5 Å². The molecule has 1 rings (SSSR count). The van der Waals surface area contributed by atoms with Crippen LogP contribution in [0.3, 0.4) is 0 Å². The summed E-state index contributed by atoms with van der Waals surface area (Å²) < 4.78 is 0. The van der Waals surface area contributed by atoms with Crippen LogP contribution in [0.5, 0.6) is 0 Å². The maximum absolute atomic E-state index is 2.50. The fraction of sp³-hybridized carbons (Fsp3) is 0.600. The Morgan fingerprint density at radius 3 is 1.50 bits per heavy atom. The summed E-state index contributed by atoms with van der Waals surface area (Å²) in [5, 5.41) is 0. The summed E-state index contributed by atoms with van der Waals surface area (Å²) in [7, 11) is 0. The van der Waals surface area contributed by atoms with E-state index in [0.29, 0.717) is 12.1 Å². The largest absolute Gasteiger partial charge is 0.366 e. The topological polar surface area (TPSA) is 3.24 Å². The average Bonchev–Trinajstić information content (AvgIpc) is 2.09. The first kappa shape index (κ1) is 13.1. The molecule has 0 spiro atoms. The van der Waals surface area contributed by atoms with Crippen LogP contribution in [-0.4, -0.2) is 12.1 Å². The van der Waals surface area contributed by atoms with Gasteiger partial charge in [-0.1, -0.05) is 17.7 Å². The van der Waals surface area contributed by atoms with E-state index in [1.54, 1.807) is 0 Å². The summed E-state index contributed by atoms with van der Waals surface area (Å²) in [6.07, 6.45) is 0. The second-order valence-corrected chi connectivity index (χ2v) is 5.34. The van der Waals surface area contributed by atoms with Crippen molar-refractivity contribution in [1.29, 1.82) is 0 Å². The number of benzene rings is 1. The summed E-state index contributed by atoms with van der Waals surface area (Å²) in [5.74, 6) is 0. The molecule has 0 aliphatic heterocycles. The highest BCUT2D eigenvalue weighted by Crippen LogP contribution is 2.29. The van der Waals surface area contributed by atoms with Crippen molar-refractivity contribution in [2.24, 2.45) is 0 Å². The average molecular weight is 219 g/mol. The molecule has 0 saturated carbocycles. The lowest BCUT2D eigenvalue weighted by Gasteiger charge is -2.35. The Kier molecular flexibility index (Phi) is 4.01. The minimum Gasteiger partial charge on any atom is -0.366 e. The van der Waals surface area contributed by atoms with Crippen LogP contribution in [0.1, 0.15) is 44.4 Å². The first-order valence-corrected chi connectivity index (χ1v) is 6.20. The number of aryl methyl sites for hydroxylation is 3. The zero-order valence-electron chi connectivity index (χ0n) is 11.8. The molecule has 0 aliphatic rings. The summed E-state index contributed by atoms with van der Waals surface area (Å²) in [6, 6.07) is 5.64. The fourth-order valence-corrected chi connectivity index (χ4v) is 2.69. The minimum absolute atomic E-state index is 0.542. The van der Waals surface area contributed by atoms with Gasteiger partial charge in [0.05, 0.1) is 0 Å². The Morgan fingerprint density at radius 1 is 0.812 bits per heavy atom. The van der Waals surface area contributed by atoms with Crippen LogP contribution >= 0.6 is 0 Å². The van der Waals surface area contributed by atoms with Crippen LogP contribution in [0.2, 0.25) is 0 Å². The van der Waals surface area contributed by atoms with Crippen molar-refractivity contribution < 1.29 is 0 Å². The zero-order chi connectivity index (χ0) is 12.5. The van der Waals surface area contributed by atoms with Crippen molar-refractivity contribution in [3.63, 3.8) is 0 Å². The molecule has 0 heterocycles. The molecule has 0 fully saturated rings. The first-order valence-electron chi connectivity index (χ1n) is 6.20. The van der Waals surface area contributed by atoms with E-state index in [-0.39, 0.29) is 0 Å². The smallest absolute Gasteiger partial charge is 0.0430 e. The molecule has 16 heavy (non-hydrogen) atoms. The number of hydrogen-bond acceptors (Lipinski definition) is 1. The molecule has 0 aliphatic carbocycles. The lowest BCUT2D eigenvalue weighted by atomic mass is 10.0. The van der Waals surface area contributed by atoms with Gasteiger partial charge in [-0.05, 0) is 59.6 Å². The number of rotatable bonds is 3. The maximum atomic E-state index is 2.50. The molecule has 0 N–H and O–H groups in total. The predicted molar refractivity (Wildman–Crippen MR) is 73.4 cm³/mol. The van der Waals surface area contributed by atoms with Crippen LogP contribution in [0.4, 0.5) is 5.69 Å². The minimum atomic E-state index is 0.542. The molecular formula is C15H25N. The molecule has 0 bridgehead atoms. The third-order valence-corrected chi connectivity index (χ3v) is 3.01. The number of nitrogens with zero attached hydrogens (tertiary/aromatic N) is 1. The molecule has 0 saturated heterocycles. The highest BCUT2D eigenvalue weighted by atomic mass is 15.2. The molecule has 1 nitrogen and oxygen atoms in total. The SMILES string of the molecule is Cc1cc(C)c(N(C(C)C)C(C)C)c(C)c1. The second-order valence-electron chi connectivity index (χ2n) is 5.34. The van der Waals surface area contributed by atoms with Crippen LogP contribution < -0.4 is 4.90 Å². The van der Waals surface area contributed by atoms with Gasteiger partial charge < -0.3 is 4.90 Å². The van der Waals surface area contributed by atoms with Crippen LogP contribution in [0, 0.1) is 20.8 Å².